The number of aliphatic hydroxyl groups excluding tert-OH is 1. The van der Waals surface area contributed by atoms with Gasteiger partial charge in [0.25, 0.3) is 0 Å². The summed E-state index contributed by atoms with van der Waals surface area (Å²) in [5.41, 5.74) is 1.13. The van der Waals surface area contributed by atoms with E-state index in [9.17, 15) is 5.11 Å². The van der Waals surface area contributed by atoms with Crippen LogP contribution in [-0.4, -0.2) is 24.4 Å². The van der Waals surface area contributed by atoms with Crippen LogP contribution in [0.4, 0.5) is 0 Å². The zero-order valence-corrected chi connectivity index (χ0v) is 13.8. The Morgan fingerprint density at radius 3 is 2.43 bits per heavy atom. The van der Waals surface area contributed by atoms with Crippen LogP contribution in [0.1, 0.15) is 5.56 Å². The number of halogens is 2. The summed E-state index contributed by atoms with van der Waals surface area (Å²) in [5, 5.41) is 13.8. The van der Waals surface area contributed by atoms with Gasteiger partial charge >= 0.3 is 0 Å². The van der Waals surface area contributed by atoms with Crippen molar-refractivity contribution in [2.75, 3.05) is 13.2 Å². The fourth-order valence-electron chi connectivity index (χ4n) is 1.77. The third-order valence-electron chi connectivity index (χ3n) is 2.88. The molecule has 2 aromatic carbocycles. The second kappa shape index (κ2) is 8.39. The van der Waals surface area contributed by atoms with Crippen molar-refractivity contribution in [2.45, 2.75) is 12.6 Å². The number of rotatable bonds is 7. The quantitative estimate of drug-likeness (QED) is 0.782. The monoisotopic (exact) mass is 369 g/mol. The zero-order chi connectivity index (χ0) is 15.1. The average Bonchev–Trinajstić information content (AvgIpc) is 2.49. The topological polar surface area (TPSA) is 41.5 Å². The molecular formula is C16H17BrClNO2. The Labute approximate surface area is 138 Å². The molecule has 0 aliphatic rings. The van der Waals surface area contributed by atoms with Crippen molar-refractivity contribution >= 4 is 27.5 Å². The molecule has 112 valence electrons. The van der Waals surface area contributed by atoms with Crippen molar-refractivity contribution in [1.82, 2.24) is 5.32 Å². The van der Waals surface area contributed by atoms with Crippen LogP contribution in [0.3, 0.4) is 0 Å². The second-order valence-electron chi connectivity index (χ2n) is 4.68. The van der Waals surface area contributed by atoms with Crippen molar-refractivity contribution in [3.63, 3.8) is 0 Å². The van der Waals surface area contributed by atoms with Crippen molar-refractivity contribution < 1.29 is 9.84 Å². The molecule has 0 aliphatic carbocycles. The smallest absolute Gasteiger partial charge is 0.119 e. The summed E-state index contributed by atoms with van der Waals surface area (Å²) in [6, 6.07) is 15.1. The lowest BCUT2D eigenvalue weighted by molar-refractivity contribution is 0.106. The Hall–Kier alpha value is -1.07. The van der Waals surface area contributed by atoms with Crippen LogP contribution in [0.25, 0.3) is 0 Å². The lowest BCUT2D eigenvalue weighted by Crippen LogP contribution is -2.31. The first kappa shape index (κ1) is 16.3. The van der Waals surface area contributed by atoms with Gasteiger partial charge in [-0.05, 0) is 42.0 Å². The molecule has 21 heavy (non-hydrogen) atoms. The van der Waals surface area contributed by atoms with E-state index in [4.69, 9.17) is 16.3 Å². The lowest BCUT2D eigenvalue weighted by Gasteiger charge is -2.13. The van der Waals surface area contributed by atoms with Crippen LogP contribution in [-0.2, 0) is 6.54 Å². The minimum absolute atomic E-state index is 0.259. The van der Waals surface area contributed by atoms with E-state index in [1.165, 1.54) is 0 Å². The highest BCUT2D eigenvalue weighted by molar-refractivity contribution is 9.10. The van der Waals surface area contributed by atoms with Gasteiger partial charge in [-0.3, -0.25) is 0 Å². The molecule has 2 N–H and O–H groups in total. The van der Waals surface area contributed by atoms with Crippen LogP contribution >= 0.6 is 27.5 Å². The maximum Gasteiger partial charge on any atom is 0.119 e. The van der Waals surface area contributed by atoms with E-state index >= 15 is 0 Å². The standard InChI is InChI=1S/C16H17BrClNO2/c17-13-3-7-16(8-4-13)21-11-15(20)10-19-9-12-1-5-14(18)6-2-12/h1-8,15,19-20H,9-11H2. The summed E-state index contributed by atoms with van der Waals surface area (Å²) in [4.78, 5) is 0. The van der Waals surface area contributed by atoms with Gasteiger partial charge in [0.1, 0.15) is 18.5 Å². The van der Waals surface area contributed by atoms with Gasteiger partial charge in [0.05, 0.1) is 0 Å². The molecule has 0 radical (unpaired) electrons. The Bertz CT molecular complexity index is 545. The van der Waals surface area contributed by atoms with Crippen molar-refractivity contribution in [3.8, 4) is 5.75 Å². The van der Waals surface area contributed by atoms with Crippen molar-refractivity contribution in [3.05, 3.63) is 63.6 Å². The first-order valence-electron chi connectivity index (χ1n) is 6.65. The van der Waals surface area contributed by atoms with Gasteiger partial charge < -0.3 is 15.2 Å². The molecule has 2 aromatic rings. The van der Waals surface area contributed by atoms with Crippen LogP contribution in [0.15, 0.2) is 53.0 Å². The van der Waals surface area contributed by atoms with Crippen LogP contribution in [0, 0.1) is 0 Å². The normalized spacial score (nSPS) is 12.1. The third-order valence-corrected chi connectivity index (χ3v) is 3.66. The predicted octanol–water partition coefficient (Wildman–Crippen LogP) is 3.63. The van der Waals surface area contributed by atoms with Crippen LogP contribution in [0.2, 0.25) is 5.02 Å². The molecule has 0 aromatic heterocycles. The van der Waals surface area contributed by atoms with Gasteiger partial charge in [-0.2, -0.15) is 0 Å². The first-order chi connectivity index (χ1) is 10.1. The van der Waals surface area contributed by atoms with Crippen molar-refractivity contribution in [1.29, 1.82) is 0 Å². The van der Waals surface area contributed by atoms with E-state index in [0.717, 1.165) is 20.8 Å². The van der Waals surface area contributed by atoms with E-state index in [-0.39, 0.29) is 6.61 Å². The molecule has 0 saturated heterocycles. The number of hydrogen-bond acceptors (Lipinski definition) is 3. The molecule has 5 heteroatoms. The fourth-order valence-corrected chi connectivity index (χ4v) is 2.16. The van der Waals surface area contributed by atoms with Gasteiger partial charge in [-0.25, -0.2) is 0 Å². The molecule has 0 aliphatic heterocycles. The van der Waals surface area contributed by atoms with E-state index < -0.39 is 6.10 Å². The van der Waals surface area contributed by atoms with E-state index in [2.05, 4.69) is 21.2 Å². The largest absolute Gasteiger partial charge is 0.491 e. The van der Waals surface area contributed by atoms with Gasteiger partial charge in [-0.15, -0.1) is 0 Å². The third kappa shape index (κ3) is 6.06. The highest BCUT2D eigenvalue weighted by Crippen LogP contribution is 2.16. The van der Waals surface area contributed by atoms with Crippen LogP contribution in [0.5, 0.6) is 5.75 Å². The summed E-state index contributed by atoms with van der Waals surface area (Å²) < 4.78 is 6.51. The summed E-state index contributed by atoms with van der Waals surface area (Å²) in [5.74, 6) is 0.745. The summed E-state index contributed by atoms with van der Waals surface area (Å²) in [6.07, 6.45) is -0.555. The molecular weight excluding hydrogens is 354 g/mol. The fraction of sp³-hybridized carbons (Fsp3) is 0.250. The Morgan fingerprint density at radius 2 is 1.76 bits per heavy atom. The minimum atomic E-state index is -0.555. The SMILES string of the molecule is OC(CNCc1ccc(Cl)cc1)COc1ccc(Br)cc1. The van der Waals surface area contributed by atoms with Gasteiger partial charge in [0.2, 0.25) is 0 Å². The molecule has 0 saturated carbocycles. The Kier molecular flexibility index (Phi) is 6.51. The average molecular weight is 371 g/mol. The number of nitrogens with one attached hydrogen (secondary N) is 1. The molecule has 1 atom stereocenters. The minimum Gasteiger partial charge on any atom is -0.491 e. The molecule has 0 fully saturated rings. The molecule has 0 spiro atoms. The first-order valence-corrected chi connectivity index (χ1v) is 7.82. The summed E-state index contributed by atoms with van der Waals surface area (Å²) in [7, 11) is 0. The van der Waals surface area contributed by atoms with Crippen LogP contribution < -0.4 is 10.1 Å². The number of benzene rings is 2. The number of hydrogen-bond donors (Lipinski definition) is 2. The molecule has 0 amide bonds. The molecule has 2 rings (SSSR count). The highest BCUT2D eigenvalue weighted by Gasteiger charge is 2.05. The van der Waals surface area contributed by atoms with E-state index in [1.54, 1.807) is 0 Å². The predicted molar refractivity (Wildman–Crippen MR) is 88.8 cm³/mol. The van der Waals surface area contributed by atoms with Gasteiger partial charge in [-0.1, -0.05) is 39.7 Å². The van der Waals surface area contributed by atoms with E-state index in [0.29, 0.717) is 13.1 Å². The zero-order valence-electron chi connectivity index (χ0n) is 11.4. The highest BCUT2D eigenvalue weighted by atomic mass is 79.9. The Morgan fingerprint density at radius 1 is 1.10 bits per heavy atom. The summed E-state index contributed by atoms with van der Waals surface area (Å²) in [6.45, 7) is 1.42. The van der Waals surface area contributed by atoms with Crippen molar-refractivity contribution in [2.24, 2.45) is 0 Å². The molecule has 1 unspecified atom stereocenters. The van der Waals surface area contributed by atoms with E-state index in [1.807, 2.05) is 48.5 Å². The molecule has 3 nitrogen and oxygen atoms in total. The number of aliphatic hydroxyl groups is 1. The number of ether oxygens (including phenoxy) is 1. The molecule has 0 heterocycles. The maximum absolute atomic E-state index is 9.87. The van der Waals surface area contributed by atoms with Gasteiger partial charge in [0.15, 0.2) is 0 Å². The Balaban J connectivity index is 1.66. The lowest BCUT2D eigenvalue weighted by atomic mass is 10.2. The summed E-state index contributed by atoms with van der Waals surface area (Å²) >= 11 is 9.19. The maximum atomic E-state index is 9.87. The van der Waals surface area contributed by atoms with Gasteiger partial charge in [0, 0.05) is 22.6 Å². The molecule has 0 bridgehead atoms. The second-order valence-corrected chi connectivity index (χ2v) is 6.03.